The topological polar surface area (TPSA) is 63.5 Å². The smallest absolute Gasteiger partial charge is 0.191 e. The van der Waals surface area contributed by atoms with E-state index < -0.39 is 0 Å². The molecule has 0 aromatic carbocycles. The highest BCUT2D eigenvalue weighted by molar-refractivity contribution is 14.0. The van der Waals surface area contributed by atoms with Crippen LogP contribution in [0, 0.1) is 11.3 Å². The number of ether oxygens (including phenoxy) is 1. The molecule has 0 amide bonds. The molecule has 0 radical (unpaired) electrons. The van der Waals surface area contributed by atoms with Gasteiger partial charge in [0.15, 0.2) is 5.96 Å². The zero-order chi connectivity index (χ0) is 15.0. The minimum Gasteiger partial charge on any atom is -0.377 e. The first-order chi connectivity index (χ1) is 10.0. The zero-order valence-corrected chi connectivity index (χ0v) is 16.0. The van der Waals surface area contributed by atoms with E-state index in [0.717, 1.165) is 24.7 Å². The van der Waals surface area contributed by atoms with Crippen LogP contribution < -0.4 is 10.6 Å². The highest BCUT2D eigenvalue weighted by Crippen LogP contribution is 2.52. The second-order valence-corrected chi connectivity index (χ2v) is 6.56. The van der Waals surface area contributed by atoms with Crippen LogP contribution >= 0.6 is 24.0 Å². The molecule has 1 aromatic rings. The van der Waals surface area contributed by atoms with Crippen LogP contribution in [0.5, 0.6) is 0 Å². The predicted molar refractivity (Wildman–Crippen MR) is 97.4 cm³/mol. The van der Waals surface area contributed by atoms with Gasteiger partial charge in [0.25, 0.3) is 0 Å². The Balaban J connectivity index is 0.00000176. The lowest BCUT2D eigenvalue weighted by molar-refractivity contribution is -0.106. The van der Waals surface area contributed by atoms with E-state index in [9.17, 15) is 0 Å². The van der Waals surface area contributed by atoms with Crippen LogP contribution in [0.4, 0.5) is 0 Å². The van der Waals surface area contributed by atoms with E-state index >= 15 is 0 Å². The number of fused-ring (bicyclic) bond motifs is 1. The molecule has 124 valence electrons. The number of hydrogen-bond acceptors (Lipinski definition) is 3. The lowest BCUT2D eigenvalue weighted by atomic mass is 9.57. The van der Waals surface area contributed by atoms with Crippen LogP contribution in [0.3, 0.4) is 0 Å². The number of aliphatic imine (C=N–C) groups is 1. The minimum atomic E-state index is 0. The fourth-order valence-corrected chi connectivity index (χ4v) is 3.71. The third kappa shape index (κ3) is 2.97. The molecule has 0 spiro atoms. The largest absolute Gasteiger partial charge is 0.377 e. The Bertz CT molecular complexity index is 542. The molecular formula is C15H26IN5O. The van der Waals surface area contributed by atoms with Crippen molar-refractivity contribution in [3.63, 3.8) is 0 Å². The first-order valence-corrected chi connectivity index (χ1v) is 7.59. The molecule has 1 aromatic heterocycles. The van der Waals surface area contributed by atoms with E-state index in [1.165, 1.54) is 0 Å². The number of guanidine groups is 1. The van der Waals surface area contributed by atoms with Crippen LogP contribution in [0.2, 0.25) is 0 Å². The van der Waals surface area contributed by atoms with E-state index in [2.05, 4.69) is 34.6 Å². The Morgan fingerprint density at radius 2 is 2.32 bits per heavy atom. The van der Waals surface area contributed by atoms with Crippen molar-refractivity contribution in [3.05, 3.63) is 18.0 Å². The summed E-state index contributed by atoms with van der Waals surface area (Å²) in [7, 11) is 3.76. The van der Waals surface area contributed by atoms with E-state index in [1.807, 2.05) is 31.0 Å². The number of aryl methyl sites for hydroxylation is 1. The summed E-state index contributed by atoms with van der Waals surface area (Å²) in [5.41, 5.74) is 1.29. The summed E-state index contributed by atoms with van der Waals surface area (Å²) < 4.78 is 7.70. The molecule has 3 rings (SSSR count). The van der Waals surface area contributed by atoms with Crippen molar-refractivity contribution in [2.45, 2.75) is 39.0 Å². The van der Waals surface area contributed by atoms with Gasteiger partial charge in [0.05, 0.1) is 18.3 Å². The zero-order valence-electron chi connectivity index (χ0n) is 13.7. The first-order valence-electron chi connectivity index (χ1n) is 7.59. The van der Waals surface area contributed by atoms with E-state index in [4.69, 9.17) is 4.74 Å². The van der Waals surface area contributed by atoms with Gasteiger partial charge < -0.3 is 15.4 Å². The highest BCUT2D eigenvalue weighted by atomic mass is 127. The SMILES string of the molecule is CN=C(NCc1ccnn1C)NC1C2CCOC2C1(C)C.I. The number of aromatic nitrogens is 2. The van der Waals surface area contributed by atoms with E-state index in [0.29, 0.717) is 24.6 Å². The van der Waals surface area contributed by atoms with Gasteiger partial charge in [0.1, 0.15) is 0 Å². The Morgan fingerprint density at radius 1 is 1.55 bits per heavy atom. The van der Waals surface area contributed by atoms with Gasteiger partial charge in [-0.15, -0.1) is 24.0 Å². The van der Waals surface area contributed by atoms with Gasteiger partial charge >= 0.3 is 0 Å². The van der Waals surface area contributed by atoms with Gasteiger partial charge in [-0.05, 0) is 12.5 Å². The standard InChI is InChI=1S/C15H25N5O.HI/c1-15(2)12(11-6-8-21-13(11)15)19-14(16-3)17-9-10-5-7-18-20(10)4;/h5,7,11-13H,6,8-9H2,1-4H3,(H2,16,17,19);1H. The van der Waals surface area contributed by atoms with Crippen molar-refractivity contribution < 1.29 is 4.74 Å². The molecule has 7 heteroatoms. The van der Waals surface area contributed by atoms with Gasteiger partial charge in [-0.25, -0.2) is 0 Å². The van der Waals surface area contributed by atoms with Crippen LogP contribution in [0.15, 0.2) is 17.3 Å². The maximum Gasteiger partial charge on any atom is 0.191 e. The summed E-state index contributed by atoms with van der Waals surface area (Å²) in [4.78, 5) is 4.34. The number of nitrogens with zero attached hydrogens (tertiary/aromatic N) is 3. The summed E-state index contributed by atoms with van der Waals surface area (Å²) >= 11 is 0. The third-order valence-electron chi connectivity index (χ3n) is 4.98. The average Bonchev–Trinajstić information content (AvgIpc) is 3.07. The van der Waals surface area contributed by atoms with Crippen molar-refractivity contribution >= 4 is 29.9 Å². The molecular weight excluding hydrogens is 393 g/mol. The van der Waals surface area contributed by atoms with Gasteiger partial charge in [0.2, 0.25) is 0 Å². The second-order valence-electron chi connectivity index (χ2n) is 6.56. The maximum atomic E-state index is 5.84. The monoisotopic (exact) mass is 419 g/mol. The van der Waals surface area contributed by atoms with Crippen molar-refractivity contribution in [3.8, 4) is 0 Å². The number of rotatable bonds is 3. The van der Waals surface area contributed by atoms with Crippen molar-refractivity contribution in [2.24, 2.45) is 23.4 Å². The van der Waals surface area contributed by atoms with Crippen LogP contribution in [0.1, 0.15) is 26.0 Å². The minimum absolute atomic E-state index is 0. The molecule has 1 aliphatic heterocycles. The molecule has 3 atom stereocenters. The Hall–Kier alpha value is -0.830. The third-order valence-corrected chi connectivity index (χ3v) is 4.98. The predicted octanol–water partition coefficient (Wildman–Crippen LogP) is 1.52. The van der Waals surface area contributed by atoms with Gasteiger partial charge in [-0.3, -0.25) is 9.67 Å². The summed E-state index contributed by atoms with van der Waals surface area (Å²) in [5.74, 6) is 1.45. The molecule has 22 heavy (non-hydrogen) atoms. The van der Waals surface area contributed by atoms with E-state index in [1.54, 1.807) is 0 Å². The molecule has 1 aliphatic carbocycles. The maximum absolute atomic E-state index is 5.84. The van der Waals surface area contributed by atoms with E-state index in [-0.39, 0.29) is 29.4 Å². The molecule has 1 saturated carbocycles. The Morgan fingerprint density at radius 3 is 2.95 bits per heavy atom. The summed E-state index contributed by atoms with van der Waals surface area (Å²) in [6, 6.07) is 2.43. The van der Waals surface area contributed by atoms with Crippen LogP contribution in [-0.2, 0) is 18.3 Å². The molecule has 1 saturated heterocycles. The quantitative estimate of drug-likeness (QED) is 0.443. The van der Waals surface area contributed by atoms with Gasteiger partial charge in [-0.1, -0.05) is 13.8 Å². The second kappa shape index (κ2) is 6.74. The number of nitrogens with one attached hydrogen (secondary N) is 2. The van der Waals surface area contributed by atoms with Crippen molar-refractivity contribution in [1.29, 1.82) is 0 Å². The molecule has 2 aliphatic rings. The molecule has 2 heterocycles. The van der Waals surface area contributed by atoms with Gasteiger partial charge in [0, 0.05) is 44.3 Å². The molecule has 0 bridgehead atoms. The Labute approximate surface area is 149 Å². The number of halogens is 1. The summed E-state index contributed by atoms with van der Waals surface area (Å²) in [5, 5.41) is 11.1. The number of hydrogen-bond donors (Lipinski definition) is 2. The highest BCUT2D eigenvalue weighted by Gasteiger charge is 2.59. The first kappa shape index (κ1) is 17.5. The lowest BCUT2D eigenvalue weighted by Crippen LogP contribution is -2.67. The fourth-order valence-electron chi connectivity index (χ4n) is 3.71. The van der Waals surface area contributed by atoms with Crippen molar-refractivity contribution in [2.75, 3.05) is 13.7 Å². The summed E-state index contributed by atoms with van der Waals surface area (Å²) in [6.07, 6.45) is 3.35. The lowest BCUT2D eigenvalue weighted by Gasteiger charge is -2.54. The molecule has 2 fully saturated rings. The average molecular weight is 419 g/mol. The van der Waals surface area contributed by atoms with Crippen LogP contribution in [-0.4, -0.2) is 41.5 Å². The van der Waals surface area contributed by atoms with Gasteiger partial charge in [-0.2, -0.15) is 5.10 Å². The van der Waals surface area contributed by atoms with Crippen molar-refractivity contribution in [1.82, 2.24) is 20.4 Å². The summed E-state index contributed by atoms with van der Waals surface area (Å²) in [6.45, 7) is 6.14. The normalized spacial score (nSPS) is 29.3. The molecule has 6 nitrogen and oxygen atoms in total. The van der Waals surface area contributed by atoms with Crippen LogP contribution in [0.25, 0.3) is 0 Å². The fraction of sp³-hybridized carbons (Fsp3) is 0.733. The Kier molecular flexibility index (Phi) is 5.37. The molecule has 2 N–H and O–H groups in total. The molecule has 3 unspecified atom stereocenters.